The van der Waals surface area contributed by atoms with E-state index in [2.05, 4.69) is 78.3 Å². The van der Waals surface area contributed by atoms with Crippen LogP contribution in [0.15, 0.2) is 91.0 Å². The second-order valence-corrected chi connectivity index (χ2v) is 5.84. The Bertz CT molecular complexity index is 704. The fraction of sp³-hybridized carbons (Fsp3) is 0.182. The van der Waals surface area contributed by atoms with Crippen LogP contribution in [-0.4, -0.2) is 6.54 Å². The molecule has 2 nitrogen and oxygen atoms in total. The summed E-state index contributed by atoms with van der Waals surface area (Å²) in [6.45, 7) is 0.794. The fourth-order valence-corrected chi connectivity index (χ4v) is 2.72. The summed E-state index contributed by atoms with van der Waals surface area (Å²) >= 11 is 0. The highest BCUT2D eigenvalue weighted by molar-refractivity contribution is 5.85. The van der Waals surface area contributed by atoms with Crippen molar-refractivity contribution in [3.63, 3.8) is 0 Å². The van der Waals surface area contributed by atoms with Gasteiger partial charge >= 0.3 is 0 Å². The molecule has 3 heteroatoms. The molecule has 1 N–H and O–H groups in total. The zero-order valence-electron chi connectivity index (χ0n) is 14.2. The second kappa shape index (κ2) is 10.7. The van der Waals surface area contributed by atoms with Gasteiger partial charge in [0.15, 0.2) is 0 Å². The summed E-state index contributed by atoms with van der Waals surface area (Å²) < 4.78 is 0. The Morgan fingerprint density at radius 3 is 1.80 bits per heavy atom. The van der Waals surface area contributed by atoms with E-state index in [0.717, 1.165) is 19.4 Å². The monoisotopic (exact) mass is 353 g/mol. The van der Waals surface area contributed by atoms with Crippen molar-refractivity contribution in [1.82, 2.24) is 5.48 Å². The van der Waals surface area contributed by atoms with Crippen molar-refractivity contribution < 1.29 is 4.84 Å². The van der Waals surface area contributed by atoms with Gasteiger partial charge < -0.3 is 0 Å². The molecule has 25 heavy (non-hydrogen) atoms. The SMILES string of the molecule is Cl.c1ccc(CCNOC(Cc2ccccc2)c2ccccc2)cc1. The predicted octanol–water partition coefficient (Wildman–Crippen LogP) is 5.16. The van der Waals surface area contributed by atoms with E-state index >= 15 is 0 Å². The Labute approximate surface area is 156 Å². The topological polar surface area (TPSA) is 21.3 Å². The highest BCUT2D eigenvalue weighted by Gasteiger charge is 2.13. The molecule has 0 aliphatic rings. The molecule has 0 heterocycles. The van der Waals surface area contributed by atoms with Gasteiger partial charge in [0, 0.05) is 13.0 Å². The Morgan fingerprint density at radius 1 is 0.680 bits per heavy atom. The second-order valence-electron chi connectivity index (χ2n) is 5.84. The van der Waals surface area contributed by atoms with Crippen molar-refractivity contribution in [3.8, 4) is 0 Å². The third-order valence-corrected chi connectivity index (χ3v) is 4.02. The molecule has 1 unspecified atom stereocenters. The first-order valence-electron chi connectivity index (χ1n) is 8.43. The average Bonchev–Trinajstić information content (AvgIpc) is 2.66. The van der Waals surface area contributed by atoms with Crippen LogP contribution >= 0.6 is 12.4 Å². The first-order chi connectivity index (χ1) is 11.9. The van der Waals surface area contributed by atoms with Crippen LogP contribution in [0.25, 0.3) is 0 Å². The molecule has 3 aromatic rings. The van der Waals surface area contributed by atoms with E-state index in [1.54, 1.807) is 0 Å². The maximum Gasteiger partial charge on any atom is 0.108 e. The van der Waals surface area contributed by atoms with Crippen molar-refractivity contribution in [2.75, 3.05) is 6.54 Å². The number of benzene rings is 3. The maximum absolute atomic E-state index is 6.00. The van der Waals surface area contributed by atoms with E-state index < -0.39 is 0 Å². The van der Waals surface area contributed by atoms with Gasteiger partial charge in [-0.15, -0.1) is 12.4 Å². The van der Waals surface area contributed by atoms with E-state index in [1.165, 1.54) is 16.7 Å². The van der Waals surface area contributed by atoms with Gasteiger partial charge in [-0.3, -0.25) is 4.84 Å². The zero-order valence-corrected chi connectivity index (χ0v) is 15.0. The van der Waals surface area contributed by atoms with Crippen molar-refractivity contribution in [2.24, 2.45) is 0 Å². The van der Waals surface area contributed by atoms with Crippen LogP contribution in [0.2, 0.25) is 0 Å². The van der Waals surface area contributed by atoms with E-state index in [-0.39, 0.29) is 18.5 Å². The van der Waals surface area contributed by atoms with Gasteiger partial charge in [0.1, 0.15) is 6.10 Å². The first kappa shape index (κ1) is 19.2. The minimum Gasteiger partial charge on any atom is -0.293 e. The van der Waals surface area contributed by atoms with Crippen LogP contribution < -0.4 is 5.48 Å². The molecule has 0 saturated heterocycles. The standard InChI is InChI=1S/C22H23NO.ClH/c1-4-10-19(11-5-1)16-17-23-24-22(21-14-8-3-9-15-21)18-20-12-6-2-7-13-20;/h1-15,22-23H,16-18H2;1H. The number of halogens is 1. The maximum atomic E-state index is 6.00. The lowest BCUT2D eigenvalue weighted by Gasteiger charge is -2.19. The van der Waals surface area contributed by atoms with Crippen LogP contribution in [0.5, 0.6) is 0 Å². The van der Waals surface area contributed by atoms with Crippen molar-refractivity contribution in [1.29, 1.82) is 0 Å². The number of rotatable bonds is 8. The molecule has 3 aromatic carbocycles. The molecule has 3 rings (SSSR count). The number of hydroxylamine groups is 1. The minimum absolute atomic E-state index is 0. The van der Waals surface area contributed by atoms with Crippen LogP contribution in [0.1, 0.15) is 22.8 Å². The third-order valence-electron chi connectivity index (χ3n) is 4.02. The van der Waals surface area contributed by atoms with Crippen LogP contribution in [0.3, 0.4) is 0 Å². The largest absolute Gasteiger partial charge is 0.293 e. The molecule has 0 aliphatic carbocycles. The van der Waals surface area contributed by atoms with Gasteiger partial charge in [-0.05, 0) is 23.1 Å². The molecule has 0 aliphatic heterocycles. The van der Waals surface area contributed by atoms with Crippen molar-refractivity contribution in [3.05, 3.63) is 108 Å². The van der Waals surface area contributed by atoms with Crippen LogP contribution in [0.4, 0.5) is 0 Å². The molecule has 0 amide bonds. The van der Waals surface area contributed by atoms with Crippen LogP contribution in [-0.2, 0) is 17.7 Å². The van der Waals surface area contributed by atoms with E-state index in [0.29, 0.717) is 0 Å². The predicted molar refractivity (Wildman–Crippen MR) is 106 cm³/mol. The molecule has 0 bridgehead atoms. The van der Waals surface area contributed by atoms with E-state index in [1.807, 2.05) is 18.2 Å². The van der Waals surface area contributed by atoms with E-state index in [4.69, 9.17) is 4.84 Å². The number of hydrogen-bond acceptors (Lipinski definition) is 2. The summed E-state index contributed by atoms with van der Waals surface area (Å²) in [7, 11) is 0. The minimum atomic E-state index is 0. The van der Waals surface area contributed by atoms with Gasteiger partial charge in [0.25, 0.3) is 0 Å². The fourth-order valence-electron chi connectivity index (χ4n) is 2.72. The van der Waals surface area contributed by atoms with Gasteiger partial charge in [-0.1, -0.05) is 91.0 Å². The van der Waals surface area contributed by atoms with Crippen LogP contribution in [0, 0.1) is 0 Å². The van der Waals surface area contributed by atoms with Gasteiger partial charge in [-0.25, -0.2) is 5.48 Å². The highest BCUT2D eigenvalue weighted by atomic mass is 35.5. The third kappa shape index (κ3) is 6.35. The molecule has 1 atom stereocenters. The van der Waals surface area contributed by atoms with E-state index in [9.17, 15) is 0 Å². The lowest BCUT2D eigenvalue weighted by atomic mass is 10.0. The highest BCUT2D eigenvalue weighted by Crippen LogP contribution is 2.21. The lowest BCUT2D eigenvalue weighted by Crippen LogP contribution is -2.22. The molecule has 0 saturated carbocycles. The molecular weight excluding hydrogens is 330 g/mol. The Morgan fingerprint density at radius 2 is 1.20 bits per heavy atom. The molecule has 0 spiro atoms. The van der Waals surface area contributed by atoms with Crippen molar-refractivity contribution >= 4 is 12.4 Å². The molecular formula is C22H24ClNO. The quantitative estimate of drug-likeness (QED) is 0.446. The average molecular weight is 354 g/mol. The smallest absolute Gasteiger partial charge is 0.108 e. The normalized spacial score (nSPS) is 11.5. The lowest BCUT2D eigenvalue weighted by molar-refractivity contribution is -0.0256. The summed E-state index contributed by atoms with van der Waals surface area (Å²) in [5.41, 5.74) is 6.93. The number of nitrogens with one attached hydrogen (secondary N) is 1. The Kier molecular flexibility index (Phi) is 8.20. The number of hydrogen-bond donors (Lipinski definition) is 1. The summed E-state index contributed by atoms with van der Waals surface area (Å²) in [4.78, 5) is 6.00. The Hall–Kier alpha value is -2.13. The van der Waals surface area contributed by atoms with Gasteiger partial charge in [0.05, 0.1) is 0 Å². The molecule has 130 valence electrons. The summed E-state index contributed by atoms with van der Waals surface area (Å²) in [5.74, 6) is 0. The first-order valence-corrected chi connectivity index (χ1v) is 8.43. The summed E-state index contributed by atoms with van der Waals surface area (Å²) in [6, 6.07) is 31.3. The summed E-state index contributed by atoms with van der Waals surface area (Å²) in [6.07, 6.45) is 1.81. The molecule has 0 aromatic heterocycles. The Balaban J connectivity index is 0.00000225. The molecule has 0 radical (unpaired) electrons. The zero-order chi connectivity index (χ0) is 16.5. The summed E-state index contributed by atoms with van der Waals surface area (Å²) in [5, 5.41) is 0. The van der Waals surface area contributed by atoms with Gasteiger partial charge in [0.2, 0.25) is 0 Å². The molecule has 0 fully saturated rings. The van der Waals surface area contributed by atoms with Crippen molar-refractivity contribution in [2.45, 2.75) is 18.9 Å². The van der Waals surface area contributed by atoms with Gasteiger partial charge in [-0.2, -0.15) is 0 Å².